The molecule has 1 aliphatic rings. The van der Waals surface area contributed by atoms with Crippen LogP contribution >= 0.6 is 0 Å². The van der Waals surface area contributed by atoms with Gasteiger partial charge in [0.1, 0.15) is 5.82 Å². The molecule has 1 fully saturated rings. The molecule has 148 valence electrons. The van der Waals surface area contributed by atoms with Crippen molar-refractivity contribution in [3.8, 4) is 11.1 Å². The summed E-state index contributed by atoms with van der Waals surface area (Å²) in [7, 11) is 0. The number of carbonyl (C=O) groups is 2. The van der Waals surface area contributed by atoms with Gasteiger partial charge in [-0.15, -0.1) is 0 Å². The van der Waals surface area contributed by atoms with E-state index in [-0.39, 0.29) is 30.1 Å². The third kappa shape index (κ3) is 4.75. The largest absolute Gasteiger partial charge is 0.369 e. The quantitative estimate of drug-likeness (QED) is 0.832. The Kier molecular flexibility index (Phi) is 6.41. The number of carbonyl (C=O) groups excluding carboxylic acids is 2. The van der Waals surface area contributed by atoms with Crippen molar-refractivity contribution in [2.45, 2.75) is 13.3 Å². The Hall–Kier alpha value is -2.73. The van der Waals surface area contributed by atoms with Crippen molar-refractivity contribution < 1.29 is 14.0 Å². The van der Waals surface area contributed by atoms with Crippen LogP contribution in [-0.2, 0) is 16.0 Å². The van der Waals surface area contributed by atoms with Crippen LogP contribution in [0.25, 0.3) is 11.1 Å². The normalized spacial score (nSPS) is 18.1. The van der Waals surface area contributed by atoms with Crippen molar-refractivity contribution in [1.82, 2.24) is 9.80 Å². The van der Waals surface area contributed by atoms with E-state index < -0.39 is 0 Å². The molecule has 2 N–H and O–H groups in total. The third-order valence-corrected chi connectivity index (χ3v) is 5.21. The second-order valence-electron chi connectivity index (χ2n) is 7.20. The van der Waals surface area contributed by atoms with Gasteiger partial charge in [-0.1, -0.05) is 42.5 Å². The minimum Gasteiger partial charge on any atom is -0.369 e. The fourth-order valence-corrected chi connectivity index (χ4v) is 3.74. The van der Waals surface area contributed by atoms with Gasteiger partial charge in [-0.05, 0) is 30.5 Å². The number of halogens is 1. The Morgan fingerprint density at radius 3 is 2.50 bits per heavy atom. The highest BCUT2D eigenvalue weighted by atomic mass is 19.1. The summed E-state index contributed by atoms with van der Waals surface area (Å²) < 4.78 is 14.0. The number of hydrogen-bond donors (Lipinski definition) is 1. The molecule has 1 heterocycles. The lowest BCUT2D eigenvalue weighted by Crippen LogP contribution is -2.38. The maximum absolute atomic E-state index is 14.0. The summed E-state index contributed by atoms with van der Waals surface area (Å²) in [5.74, 6) is -0.769. The molecule has 0 aliphatic carbocycles. The molecule has 1 aliphatic heterocycles. The summed E-state index contributed by atoms with van der Waals surface area (Å²) in [6, 6.07) is 14.3. The summed E-state index contributed by atoms with van der Waals surface area (Å²) in [6.07, 6.45) is 0.572. The molecule has 0 radical (unpaired) electrons. The molecule has 5 nitrogen and oxygen atoms in total. The van der Waals surface area contributed by atoms with Crippen LogP contribution < -0.4 is 5.73 Å². The number of amides is 2. The summed E-state index contributed by atoms with van der Waals surface area (Å²) in [5, 5.41) is 0. The average Bonchev–Trinajstić information content (AvgIpc) is 2.81. The second-order valence-corrected chi connectivity index (χ2v) is 7.20. The van der Waals surface area contributed by atoms with Gasteiger partial charge in [0.05, 0.1) is 12.5 Å². The van der Waals surface area contributed by atoms with Gasteiger partial charge in [0.2, 0.25) is 11.8 Å². The van der Waals surface area contributed by atoms with Gasteiger partial charge in [0.25, 0.3) is 0 Å². The standard InChI is InChI=1S/C22H26FN3O2/c1-2-26-12-11-25(15-21(24)27)14-18(22(26)28)13-16-7-9-17(10-8-16)19-5-3-4-6-20(19)23/h3-10,18H,2,11-15H2,1H3,(H2,24,27)/t18-/m0/s1. The van der Waals surface area contributed by atoms with Gasteiger partial charge in [-0.2, -0.15) is 0 Å². The molecule has 1 saturated heterocycles. The van der Waals surface area contributed by atoms with Crippen LogP contribution in [0.15, 0.2) is 48.5 Å². The maximum Gasteiger partial charge on any atom is 0.231 e. The molecule has 0 bridgehead atoms. The number of nitrogens with zero attached hydrogens (tertiary/aromatic N) is 2. The van der Waals surface area contributed by atoms with E-state index in [0.29, 0.717) is 38.2 Å². The first-order chi connectivity index (χ1) is 13.5. The molecule has 0 unspecified atom stereocenters. The van der Waals surface area contributed by atoms with Crippen molar-refractivity contribution in [2.24, 2.45) is 11.7 Å². The van der Waals surface area contributed by atoms with E-state index in [0.717, 1.165) is 11.1 Å². The minimum absolute atomic E-state index is 0.104. The number of rotatable bonds is 6. The molecule has 0 saturated carbocycles. The van der Waals surface area contributed by atoms with Gasteiger partial charge in [0, 0.05) is 31.7 Å². The van der Waals surface area contributed by atoms with E-state index in [1.165, 1.54) is 6.07 Å². The van der Waals surface area contributed by atoms with Gasteiger partial charge in [-0.3, -0.25) is 14.5 Å². The Morgan fingerprint density at radius 2 is 1.86 bits per heavy atom. The zero-order valence-electron chi connectivity index (χ0n) is 16.1. The van der Waals surface area contributed by atoms with Crippen LogP contribution in [0.5, 0.6) is 0 Å². The van der Waals surface area contributed by atoms with E-state index in [1.54, 1.807) is 12.1 Å². The highest BCUT2D eigenvalue weighted by Crippen LogP contribution is 2.24. The van der Waals surface area contributed by atoms with E-state index in [4.69, 9.17) is 5.73 Å². The van der Waals surface area contributed by atoms with Crippen molar-refractivity contribution in [1.29, 1.82) is 0 Å². The van der Waals surface area contributed by atoms with E-state index >= 15 is 0 Å². The van der Waals surface area contributed by atoms with Crippen LogP contribution in [-0.4, -0.2) is 54.3 Å². The van der Waals surface area contributed by atoms with Gasteiger partial charge in [-0.25, -0.2) is 4.39 Å². The number of primary amides is 1. The lowest BCUT2D eigenvalue weighted by atomic mass is 9.95. The number of likely N-dealkylation sites (N-methyl/N-ethyl adjacent to an activating group) is 1. The second kappa shape index (κ2) is 8.97. The van der Waals surface area contributed by atoms with Crippen LogP contribution in [0.2, 0.25) is 0 Å². The monoisotopic (exact) mass is 383 g/mol. The maximum atomic E-state index is 14.0. The van der Waals surface area contributed by atoms with Crippen LogP contribution in [0.3, 0.4) is 0 Å². The average molecular weight is 383 g/mol. The molecule has 0 spiro atoms. The molecular formula is C22H26FN3O2. The summed E-state index contributed by atoms with van der Waals surface area (Å²) in [5.41, 5.74) is 7.72. The molecule has 2 aromatic rings. The summed E-state index contributed by atoms with van der Waals surface area (Å²) in [4.78, 5) is 28.0. The molecule has 1 atom stereocenters. The van der Waals surface area contributed by atoms with Crippen LogP contribution in [0.4, 0.5) is 4.39 Å². The van der Waals surface area contributed by atoms with Crippen molar-refractivity contribution in [3.63, 3.8) is 0 Å². The summed E-state index contributed by atoms with van der Waals surface area (Å²) >= 11 is 0. The number of hydrogen-bond acceptors (Lipinski definition) is 3. The fourth-order valence-electron chi connectivity index (χ4n) is 3.74. The van der Waals surface area contributed by atoms with Crippen LogP contribution in [0.1, 0.15) is 12.5 Å². The zero-order chi connectivity index (χ0) is 20.1. The Labute approximate surface area is 164 Å². The molecule has 3 rings (SSSR count). The Bertz CT molecular complexity index is 838. The van der Waals surface area contributed by atoms with E-state index in [2.05, 4.69) is 0 Å². The van der Waals surface area contributed by atoms with Crippen molar-refractivity contribution in [2.75, 3.05) is 32.7 Å². The Morgan fingerprint density at radius 1 is 1.14 bits per heavy atom. The molecule has 28 heavy (non-hydrogen) atoms. The Balaban J connectivity index is 1.76. The van der Waals surface area contributed by atoms with E-state index in [9.17, 15) is 14.0 Å². The molecule has 2 amide bonds. The SMILES string of the molecule is CCN1CCN(CC(N)=O)C[C@H](Cc2ccc(-c3ccccc3F)cc2)C1=O. The first kappa shape index (κ1) is 20.0. The third-order valence-electron chi connectivity index (χ3n) is 5.21. The molecule has 2 aromatic carbocycles. The van der Waals surface area contributed by atoms with E-state index in [1.807, 2.05) is 47.1 Å². The zero-order valence-corrected chi connectivity index (χ0v) is 16.1. The van der Waals surface area contributed by atoms with Crippen molar-refractivity contribution in [3.05, 3.63) is 59.9 Å². The molecule has 6 heteroatoms. The van der Waals surface area contributed by atoms with Gasteiger partial charge in [0.15, 0.2) is 0 Å². The van der Waals surface area contributed by atoms with Crippen LogP contribution in [0, 0.1) is 11.7 Å². The first-order valence-electron chi connectivity index (χ1n) is 9.61. The predicted molar refractivity (Wildman–Crippen MR) is 107 cm³/mol. The smallest absolute Gasteiger partial charge is 0.231 e. The summed E-state index contributed by atoms with van der Waals surface area (Å²) in [6.45, 7) is 4.52. The lowest BCUT2D eigenvalue weighted by molar-refractivity contribution is -0.134. The number of nitrogens with two attached hydrogens (primary N) is 1. The van der Waals surface area contributed by atoms with Gasteiger partial charge >= 0.3 is 0 Å². The number of benzene rings is 2. The van der Waals surface area contributed by atoms with Crippen molar-refractivity contribution >= 4 is 11.8 Å². The lowest BCUT2D eigenvalue weighted by Gasteiger charge is -2.23. The van der Waals surface area contributed by atoms with Gasteiger partial charge < -0.3 is 10.6 Å². The molecule has 0 aromatic heterocycles. The molecular weight excluding hydrogens is 357 g/mol. The minimum atomic E-state index is -0.384. The first-order valence-corrected chi connectivity index (χ1v) is 9.61. The highest BCUT2D eigenvalue weighted by Gasteiger charge is 2.30. The predicted octanol–water partition coefficient (Wildman–Crippen LogP) is 2.30. The topological polar surface area (TPSA) is 66.6 Å². The fraction of sp³-hybridized carbons (Fsp3) is 0.364. The highest BCUT2D eigenvalue weighted by molar-refractivity contribution is 5.80.